The van der Waals surface area contributed by atoms with E-state index >= 15 is 0 Å². The van der Waals surface area contributed by atoms with Crippen molar-refractivity contribution in [1.29, 1.82) is 0 Å². The van der Waals surface area contributed by atoms with E-state index in [2.05, 4.69) is 0 Å². The van der Waals surface area contributed by atoms with Crippen LogP contribution in [0.25, 0.3) is 10.1 Å². The summed E-state index contributed by atoms with van der Waals surface area (Å²) in [6.45, 7) is 0. The summed E-state index contributed by atoms with van der Waals surface area (Å²) >= 11 is 1.09. The zero-order chi connectivity index (χ0) is 13.6. The third kappa shape index (κ3) is 1.97. The Kier molecular flexibility index (Phi) is 3.06. The number of alkyl halides is 5. The van der Waals surface area contributed by atoms with Gasteiger partial charge in [-0.1, -0.05) is 18.2 Å². The SMILES string of the molecule is N[C@@H](c1csc2ccccc12)C(F)(F)C(F)(F)F. The number of benzene rings is 1. The highest BCUT2D eigenvalue weighted by Crippen LogP contribution is 2.45. The van der Waals surface area contributed by atoms with Gasteiger partial charge in [-0.25, -0.2) is 0 Å². The smallest absolute Gasteiger partial charge is 0.319 e. The fourth-order valence-corrected chi connectivity index (χ4v) is 2.61. The lowest BCUT2D eigenvalue weighted by Crippen LogP contribution is -2.45. The molecule has 0 unspecified atom stereocenters. The van der Waals surface area contributed by atoms with E-state index in [4.69, 9.17) is 5.73 Å². The highest BCUT2D eigenvalue weighted by atomic mass is 32.1. The quantitative estimate of drug-likeness (QED) is 0.824. The van der Waals surface area contributed by atoms with E-state index in [1.807, 2.05) is 0 Å². The van der Waals surface area contributed by atoms with Gasteiger partial charge in [-0.3, -0.25) is 0 Å². The number of halogens is 5. The normalized spacial score (nSPS) is 15.0. The summed E-state index contributed by atoms with van der Waals surface area (Å²) in [5, 5.41) is 1.58. The van der Waals surface area contributed by atoms with Crippen molar-refractivity contribution in [3.8, 4) is 0 Å². The monoisotopic (exact) mass is 281 g/mol. The molecule has 7 heteroatoms. The lowest BCUT2D eigenvalue weighted by atomic mass is 10.0. The maximum absolute atomic E-state index is 13.2. The van der Waals surface area contributed by atoms with Crippen molar-refractivity contribution in [3.05, 3.63) is 35.2 Å². The van der Waals surface area contributed by atoms with Crippen LogP contribution in [-0.2, 0) is 0 Å². The first-order valence-electron chi connectivity index (χ1n) is 4.91. The van der Waals surface area contributed by atoms with Crippen LogP contribution in [0.2, 0.25) is 0 Å². The van der Waals surface area contributed by atoms with Gasteiger partial charge < -0.3 is 5.73 Å². The summed E-state index contributed by atoms with van der Waals surface area (Å²) in [7, 11) is 0. The van der Waals surface area contributed by atoms with Gasteiger partial charge in [0.05, 0.1) is 0 Å². The molecular formula is C11H8F5NS. The Labute approximate surface area is 103 Å². The minimum absolute atomic E-state index is 0.182. The van der Waals surface area contributed by atoms with E-state index in [0.29, 0.717) is 10.1 Å². The summed E-state index contributed by atoms with van der Waals surface area (Å²) < 4.78 is 63.7. The topological polar surface area (TPSA) is 26.0 Å². The summed E-state index contributed by atoms with van der Waals surface area (Å²) in [6.07, 6.45) is -5.66. The second-order valence-electron chi connectivity index (χ2n) is 3.79. The lowest BCUT2D eigenvalue weighted by Gasteiger charge is -2.25. The molecule has 0 saturated carbocycles. The number of fused-ring (bicyclic) bond motifs is 1. The van der Waals surface area contributed by atoms with E-state index < -0.39 is 18.1 Å². The second-order valence-corrected chi connectivity index (χ2v) is 4.70. The average molecular weight is 281 g/mol. The van der Waals surface area contributed by atoms with E-state index in [9.17, 15) is 22.0 Å². The molecule has 18 heavy (non-hydrogen) atoms. The first-order valence-corrected chi connectivity index (χ1v) is 5.79. The maximum Gasteiger partial charge on any atom is 0.455 e. The van der Waals surface area contributed by atoms with Gasteiger partial charge in [-0.15, -0.1) is 11.3 Å². The molecule has 0 bridgehead atoms. The standard InChI is InChI=1S/C11H8F5NS/c12-10(13,11(14,15)16)9(17)7-5-18-8-4-2-1-3-6(7)8/h1-5,9H,17H2/t9-/m0/s1. The van der Waals surface area contributed by atoms with Crippen LogP contribution in [0.1, 0.15) is 11.6 Å². The Morgan fingerprint density at radius 1 is 1.06 bits per heavy atom. The van der Waals surface area contributed by atoms with E-state index in [1.165, 1.54) is 11.4 Å². The molecule has 0 aliphatic rings. The van der Waals surface area contributed by atoms with Crippen molar-refractivity contribution in [3.63, 3.8) is 0 Å². The Morgan fingerprint density at radius 3 is 2.28 bits per heavy atom. The molecule has 1 atom stereocenters. The molecule has 0 amide bonds. The first-order chi connectivity index (χ1) is 8.25. The Morgan fingerprint density at radius 2 is 1.67 bits per heavy atom. The van der Waals surface area contributed by atoms with Gasteiger partial charge in [0, 0.05) is 4.70 Å². The van der Waals surface area contributed by atoms with Crippen LogP contribution in [0.5, 0.6) is 0 Å². The zero-order valence-corrected chi connectivity index (χ0v) is 9.66. The summed E-state index contributed by atoms with van der Waals surface area (Å²) in [5.41, 5.74) is 4.92. The largest absolute Gasteiger partial charge is 0.455 e. The second kappa shape index (κ2) is 4.17. The zero-order valence-electron chi connectivity index (χ0n) is 8.84. The highest BCUT2D eigenvalue weighted by Gasteiger charge is 2.62. The fraction of sp³-hybridized carbons (Fsp3) is 0.273. The third-order valence-corrected chi connectivity index (χ3v) is 3.60. The van der Waals surface area contributed by atoms with Crippen LogP contribution in [0, 0.1) is 0 Å². The third-order valence-electron chi connectivity index (χ3n) is 2.61. The average Bonchev–Trinajstić information content (AvgIpc) is 2.70. The first kappa shape index (κ1) is 13.2. The Bertz CT molecular complexity index is 560. The van der Waals surface area contributed by atoms with Gasteiger partial charge in [-0.05, 0) is 22.4 Å². The van der Waals surface area contributed by atoms with Gasteiger partial charge >= 0.3 is 12.1 Å². The van der Waals surface area contributed by atoms with Gasteiger partial charge in [0.15, 0.2) is 0 Å². The molecule has 0 spiro atoms. The molecule has 2 rings (SSSR count). The lowest BCUT2D eigenvalue weighted by molar-refractivity contribution is -0.290. The van der Waals surface area contributed by atoms with Crippen LogP contribution >= 0.6 is 11.3 Å². The number of hydrogen-bond donors (Lipinski definition) is 1. The van der Waals surface area contributed by atoms with Crippen molar-refractivity contribution in [2.75, 3.05) is 0 Å². The number of thiophene rings is 1. The number of hydrogen-bond acceptors (Lipinski definition) is 2. The van der Waals surface area contributed by atoms with Crippen molar-refractivity contribution >= 4 is 21.4 Å². The molecule has 0 saturated heterocycles. The fourth-order valence-electron chi connectivity index (χ4n) is 1.61. The van der Waals surface area contributed by atoms with Crippen LogP contribution in [0.3, 0.4) is 0 Å². The Balaban J connectivity index is 2.49. The molecule has 1 aromatic heterocycles. The van der Waals surface area contributed by atoms with Crippen LogP contribution in [0.15, 0.2) is 29.6 Å². The van der Waals surface area contributed by atoms with Crippen LogP contribution < -0.4 is 5.73 Å². The van der Waals surface area contributed by atoms with Crippen LogP contribution in [0.4, 0.5) is 22.0 Å². The predicted molar refractivity (Wildman–Crippen MR) is 59.8 cm³/mol. The molecule has 0 aliphatic carbocycles. The molecular weight excluding hydrogens is 273 g/mol. The van der Waals surface area contributed by atoms with E-state index in [1.54, 1.807) is 18.2 Å². The molecule has 1 heterocycles. The van der Waals surface area contributed by atoms with Gasteiger partial charge in [0.2, 0.25) is 0 Å². The summed E-state index contributed by atoms with van der Waals surface area (Å²) in [6, 6.07) is 3.97. The number of nitrogens with two attached hydrogens (primary N) is 1. The van der Waals surface area contributed by atoms with E-state index in [0.717, 1.165) is 11.3 Å². The molecule has 0 fully saturated rings. The van der Waals surface area contributed by atoms with Crippen molar-refractivity contribution in [2.45, 2.75) is 18.1 Å². The van der Waals surface area contributed by atoms with Gasteiger partial charge in [0.1, 0.15) is 6.04 Å². The van der Waals surface area contributed by atoms with Crippen molar-refractivity contribution in [1.82, 2.24) is 0 Å². The molecule has 2 aromatic rings. The minimum atomic E-state index is -5.66. The molecule has 98 valence electrons. The van der Waals surface area contributed by atoms with Crippen molar-refractivity contribution < 1.29 is 22.0 Å². The number of rotatable bonds is 2. The molecule has 2 N–H and O–H groups in total. The highest BCUT2D eigenvalue weighted by molar-refractivity contribution is 7.17. The molecule has 1 aromatic carbocycles. The van der Waals surface area contributed by atoms with E-state index in [-0.39, 0.29) is 5.56 Å². The Hall–Kier alpha value is -1.21. The predicted octanol–water partition coefficient (Wildman–Crippen LogP) is 4.10. The van der Waals surface area contributed by atoms with Crippen molar-refractivity contribution in [2.24, 2.45) is 5.73 Å². The maximum atomic E-state index is 13.2. The molecule has 0 radical (unpaired) electrons. The molecule has 1 nitrogen and oxygen atoms in total. The van der Waals surface area contributed by atoms with Crippen LogP contribution in [-0.4, -0.2) is 12.1 Å². The minimum Gasteiger partial charge on any atom is -0.319 e. The summed E-state index contributed by atoms with van der Waals surface area (Å²) in [4.78, 5) is 0. The van der Waals surface area contributed by atoms with Gasteiger partial charge in [-0.2, -0.15) is 22.0 Å². The molecule has 0 aliphatic heterocycles. The summed E-state index contributed by atoms with van der Waals surface area (Å²) in [5.74, 6) is -4.95. The van der Waals surface area contributed by atoms with Gasteiger partial charge in [0.25, 0.3) is 0 Å².